The Hall–Kier alpha value is -2.73. The summed E-state index contributed by atoms with van der Waals surface area (Å²) in [5.41, 5.74) is 5.89. The van der Waals surface area contributed by atoms with E-state index in [1.165, 1.54) is 0 Å². The predicted octanol–water partition coefficient (Wildman–Crippen LogP) is 3.28. The molecule has 0 spiro atoms. The highest BCUT2D eigenvalue weighted by atomic mass is 35.5. The third kappa shape index (κ3) is 5.97. The normalized spacial score (nSPS) is 10.3. The zero-order chi connectivity index (χ0) is 19.1. The molecule has 0 aromatic heterocycles. The molecule has 0 atom stereocenters. The van der Waals surface area contributed by atoms with E-state index in [2.05, 4.69) is 10.9 Å². The van der Waals surface area contributed by atoms with Crippen molar-refractivity contribution in [1.29, 1.82) is 0 Å². The van der Waals surface area contributed by atoms with Gasteiger partial charge in [-0.05, 0) is 68.8 Å². The SMILES string of the molecule is Cc1cc(OCC(=O)NNC(=O)c2ccc(OC(C)C)cc2)ccc1Cl. The fourth-order valence-corrected chi connectivity index (χ4v) is 2.17. The molecule has 26 heavy (non-hydrogen) atoms. The van der Waals surface area contributed by atoms with Crippen LogP contribution < -0.4 is 20.3 Å². The van der Waals surface area contributed by atoms with Gasteiger partial charge in [-0.3, -0.25) is 20.4 Å². The van der Waals surface area contributed by atoms with Gasteiger partial charge in [0, 0.05) is 10.6 Å². The molecular formula is C19H21ClN2O4. The molecule has 6 nitrogen and oxygen atoms in total. The smallest absolute Gasteiger partial charge is 0.276 e. The van der Waals surface area contributed by atoms with Crippen molar-refractivity contribution in [3.63, 3.8) is 0 Å². The second-order valence-electron chi connectivity index (χ2n) is 5.89. The van der Waals surface area contributed by atoms with Crippen LogP contribution >= 0.6 is 11.6 Å². The highest BCUT2D eigenvalue weighted by Crippen LogP contribution is 2.20. The van der Waals surface area contributed by atoms with Gasteiger partial charge in [-0.1, -0.05) is 11.6 Å². The van der Waals surface area contributed by atoms with Gasteiger partial charge in [0.15, 0.2) is 6.61 Å². The number of amides is 2. The molecule has 0 saturated heterocycles. The van der Waals surface area contributed by atoms with E-state index in [1.54, 1.807) is 42.5 Å². The third-order valence-electron chi connectivity index (χ3n) is 3.30. The first-order valence-corrected chi connectivity index (χ1v) is 8.48. The number of benzene rings is 2. The van der Waals surface area contributed by atoms with Gasteiger partial charge in [0.05, 0.1) is 6.10 Å². The Morgan fingerprint density at radius 2 is 1.69 bits per heavy atom. The molecule has 2 aromatic rings. The molecule has 0 bridgehead atoms. The minimum atomic E-state index is -0.481. The Morgan fingerprint density at radius 1 is 1.04 bits per heavy atom. The Balaban J connectivity index is 1.79. The van der Waals surface area contributed by atoms with Crippen LogP contribution in [0.3, 0.4) is 0 Å². The van der Waals surface area contributed by atoms with E-state index in [9.17, 15) is 9.59 Å². The molecule has 0 unspecified atom stereocenters. The van der Waals surface area contributed by atoms with Crippen LogP contribution in [-0.2, 0) is 4.79 Å². The fraction of sp³-hybridized carbons (Fsp3) is 0.263. The standard InChI is InChI=1S/C19H21ClN2O4/c1-12(2)26-15-6-4-14(5-7-15)19(24)22-21-18(23)11-25-16-8-9-17(20)13(3)10-16/h4-10,12H,11H2,1-3H3,(H,21,23)(H,22,24). The molecule has 138 valence electrons. The molecule has 0 radical (unpaired) electrons. The van der Waals surface area contributed by atoms with Crippen molar-refractivity contribution < 1.29 is 19.1 Å². The van der Waals surface area contributed by atoms with Crippen molar-refractivity contribution in [2.75, 3.05) is 6.61 Å². The molecule has 2 rings (SSSR count). The molecule has 2 N–H and O–H groups in total. The number of nitrogens with one attached hydrogen (secondary N) is 2. The summed E-state index contributed by atoms with van der Waals surface area (Å²) >= 11 is 5.93. The van der Waals surface area contributed by atoms with Gasteiger partial charge in [0.1, 0.15) is 11.5 Å². The summed E-state index contributed by atoms with van der Waals surface area (Å²) in [5.74, 6) is 0.281. The third-order valence-corrected chi connectivity index (χ3v) is 3.73. The van der Waals surface area contributed by atoms with Gasteiger partial charge in [-0.2, -0.15) is 0 Å². The monoisotopic (exact) mass is 376 g/mol. The molecule has 0 aliphatic rings. The van der Waals surface area contributed by atoms with Crippen molar-refractivity contribution in [3.8, 4) is 11.5 Å². The summed E-state index contributed by atoms with van der Waals surface area (Å²) in [6, 6.07) is 11.7. The number of carbonyl (C=O) groups is 2. The fourth-order valence-electron chi connectivity index (χ4n) is 2.05. The quantitative estimate of drug-likeness (QED) is 0.758. The maximum Gasteiger partial charge on any atom is 0.276 e. The number of carbonyl (C=O) groups excluding carboxylic acids is 2. The molecule has 2 aromatic carbocycles. The van der Waals surface area contributed by atoms with Crippen LogP contribution in [0.2, 0.25) is 5.02 Å². The van der Waals surface area contributed by atoms with Crippen LogP contribution in [0.5, 0.6) is 11.5 Å². The summed E-state index contributed by atoms with van der Waals surface area (Å²) in [6.07, 6.45) is 0.0541. The van der Waals surface area contributed by atoms with Gasteiger partial charge >= 0.3 is 0 Å². The maximum atomic E-state index is 12.0. The van der Waals surface area contributed by atoms with Gasteiger partial charge in [-0.25, -0.2) is 0 Å². The first kappa shape index (κ1) is 19.6. The Morgan fingerprint density at radius 3 is 2.31 bits per heavy atom. The summed E-state index contributed by atoms with van der Waals surface area (Å²) < 4.78 is 10.9. The lowest BCUT2D eigenvalue weighted by Gasteiger charge is -2.11. The summed E-state index contributed by atoms with van der Waals surface area (Å²) in [6.45, 7) is 5.45. The minimum Gasteiger partial charge on any atom is -0.491 e. The number of aryl methyl sites for hydroxylation is 1. The van der Waals surface area contributed by atoms with E-state index in [0.717, 1.165) is 5.56 Å². The minimum absolute atomic E-state index is 0.0541. The van der Waals surface area contributed by atoms with E-state index in [0.29, 0.717) is 22.1 Å². The number of halogens is 1. The number of hydrogen-bond acceptors (Lipinski definition) is 4. The van der Waals surface area contributed by atoms with Crippen molar-refractivity contribution >= 4 is 23.4 Å². The van der Waals surface area contributed by atoms with Gasteiger partial charge in [0.25, 0.3) is 11.8 Å². The van der Waals surface area contributed by atoms with Crippen molar-refractivity contribution in [2.24, 2.45) is 0 Å². The van der Waals surface area contributed by atoms with Crippen LogP contribution in [-0.4, -0.2) is 24.5 Å². The zero-order valence-electron chi connectivity index (χ0n) is 14.8. The van der Waals surface area contributed by atoms with Crippen LogP contribution in [0.15, 0.2) is 42.5 Å². The van der Waals surface area contributed by atoms with Gasteiger partial charge in [-0.15, -0.1) is 0 Å². The van der Waals surface area contributed by atoms with Crippen LogP contribution in [0.25, 0.3) is 0 Å². The van der Waals surface area contributed by atoms with Crippen LogP contribution in [0.4, 0.5) is 0 Å². The van der Waals surface area contributed by atoms with E-state index < -0.39 is 11.8 Å². The van der Waals surface area contributed by atoms with E-state index in [-0.39, 0.29) is 12.7 Å². The first-order valence-electron chi connectivity index (χ1n) is 8.10. The Labute approximate surface area is 157 Å². The predicted molar refractivity (Wildman–Crippen MR) is 99.5 cm³/mol. The highest BCUT2D eigenvalue weighted by molar-refractivity contribution is 6.31. The lowest BCUT2D eigenvalue weighted by atomic mass is 10.2. The maximum absolute atomic E-state index is 12.0. The summed E-state index contributed by atoms with van der Waals surface area (Å²) in [4.78, 5) is 23.8. The molecule has 0 aliphatic heterocycles. The molecule has 0 aliphatic carbocycles. The van der Waals surface area contributed by atoms with Gasteiger partial charge in [0.2, 0.25) is 0 Å². The number of rotatable bonds is 6. The van der Waals surface area contributed by atoms with E-state index in [1.807, 2.05) is 20.8 Å². The molecule has 7 heteroatoms. The van der Waals surface area contributed by atoms with E-state index >= 15 is 0 Å². The topological polar surface area (TPSA) is 76.7 Å². The number of hydrogen-bond donors (Lipinski definition) is 2. The lowest BCUT2D eigenvalue weighted by Crippen LogP contribution is -2.43. The second kappa shape index (κ2) is 9.10. The van der Waals surface area contributed by atoms with Crippen molar-refractivity contribution in [3.05, 3.63) is 58.6 Å². The number of hydrazine groups is 1. The highest BCUT2D eigenvalue weighted by Gasteiger charge is 2.09. The molecule has 2 amide bonds. The Bertz CT molecular complexity index is 776. The average Bonchev–Trinajstić information content (AvgIpc) is 2.60. The first-order chi connectivity index (χ1) is 12.3. The largest absolute Gasteiger partial charge is 0.491 e. The van der Waals surface area contributed by atoms with Crippen LogP contribution in [0, 0.1) is 6.92 Å². The zero-order valence-corrected chi connectivity index (χ0v) is 15.6. The summed E-state index contributed by atoms with van der Waals surface area (Å²) in [5, 5.41) is 0.624. The molecular weight excluding hydrogens is 356 g/mol. The van der Waals surface area contributed by atoms with Crippen LogP contribution in [0.1, 0.15) is 29.8 Å². The van der Waals surface area contributed by atoms with Gasteiger partial charge < -0.3 is 9.47 Å². The second-order valence-corrected chi connectivity index (χ2v) is 6.30. The van der Waals surface area contributed by atoms with Crippen molar-refractivity contribution in [2.45, 2.75) is 26.9 Å². The average molecular weight is 377 g/mol. The molecule has 0 fully saturated rings. The van der Waals surface area contributed by atoms with E-state index in [4.69, 9.17) is 21.1 Å². The van der Waals surface area contributed by atoms with Crippen molar-refractivity contribution in [1.82, 2.24) is 10.9 Å². The molecule has 0 saturated carbocycles. The number of ether oxygens (including phenoxy) is 2. The molecule has 0 heterocycles. The summed E-state index contributed by atoms with van der Waals surface area (Å²) in [7, 11) is 0. The Kier molecular flexibility index (Phi) is 6.86. The lowest BCUT2D eigenvalue weighted by molar-refractivity contribution is -0.123.